The summed E-state index contributed by atoms with van der Waals surface area (Å²) in [6.45, 7) is -1.49. The van der Waals surface area contributed by atoms with Crippen molar-refractivity contribution < 1.29 is 79.2 Å². The molecule has 0 bridgehead atoms. The number of hydrogen-bond donors (Lipinski definition) is 10. The van der Waals surface area contributed by atoms with Crippen LogP contribution in [-0.2, 0) is 19.0 Å². The van der Waals surface area contributed by atoms with Gasteiger partial charge in [0.05, 0.1) is 31.5 Å². The molecule has 2 fully saturated rings. The van der Waals surface area contributed by atoms with Crippen molar-refractivity contribution in [3.05, 3.63) is 81.5 Å². The summed E-state index contributed by atoms with van der Waals surface area (Å²) in [6, 6.07) is 10.5. The SMILES string of the molecule is COc1cc(C=CC(=O)O[C@@H]2[C@@H](O)[C@H](O)[C@@H](CO)O[C@H]2c2c(O)c([C@H]3OC[C@H](O)[C@H](O)[C@H]3O)c(O)c3c(=O)cc(-c4ccc(O)cc4)oc23)ccc1O. The number of esters is 1. The smallest absolute Gasteiger partial charge is 0.331 e. The summed E-state index contributed by atoms with van der Waals surface area (Å²) in [5.74, 6) is -3.41. The van der Waals surface area contributed by atoms with Gasteiger partial charge in [-0.15, -0.1) is 0 Å². The first-order valence-electron chi connectivity index (χ1n) is 16.1. The Morgan fingerprint density at radius 1 is 0.868 bits per heavy atom. The molecule has 0 spiro atoms. The number of fused-ring (bicyclic) bond motifs is 1. The van der Waals surface area contributed by atoms with E-state index in [2.05, 4.69) is 0 Å². The first-order valence-corrected chi connectivity index (χ1v) is 16.1. The third-order valence-corrected chi connectivity index (χ3v) is 9.15. The van der Waals surface area contributed by atoms with Crippen LogP contribution < -0.4 is 10.2 Å². The van der Waals surface area contributed by atoms with Crippen molar-refractivity contribution in [2.45, 2.75) is 54.9 Å². The van der Waals surface area contributed by atoms with Gasteiger partial charge in [-0.25, -0.2) is 4.79 Å². The lowest BCUT2D eigenvalue weighted by atomic mass is 9.85. The maximum absolute atomic E-state index is 13.8. The molecule has 0 aliphatic carbocycles. The molecule has 17 heteroatoms. The van der Waals surface area contributed by atoms with E-state index in [0.29, 0.717) is 5.56 Å². The lowest BCUT2D eigenvalue weighted by Crippen LogP contribution is -2.56. The molecule has 0 amide bonds. The van der Waals surface area contributed by atoms with E-state index in [4.69, 9.17) is 23.4 Å². The molecular weight excluding hydrogens is 704 g/mol. The van der Waals surface area contributed by atoms with Gasteiger partial charge in [0.2, 0.25) is 0 Å². The van der Waals surface area contributed by atoms with Crippen molar-refractivity contribution in [1.29, 1.82) is 0 Å². The number of carbonyl (C=O) groups is 1. The summed E-state index contributed by atoms with van der Waals surface area (Å²) in [7, 11) is 1.32. The third-order valence-electron chi connectivity index (χ3n) is 9.15. The third kappa shape index (κ3) is 6.99. The van der Waals surface area contributed by atoms with E-state index in [-0.39, 0.29) is 28.6 Å². The summed E-state index contributed by atoms with van der Waals surface area (Å²) >= 11 is 0. The second-order valence-electron chi connectivity index (χ2n) is 12.5. The maximum Gasteiger partial charge on any atom is 0.331 e. The van der Waals surface area contributed by atoms with Crippen molar-refractivity contribution in [1.82, 2.24) is 0 Å². The van der Waals surface area contributed by atoms with E-state index in [1.165, 1.54) is 55.7 Å². The molecule has 17 nitrogen and oxygen atoms in total. The summed E-state index contributed by atoms with van der Waals surface area (Å²) < 4.78 is 28.1. The van der Waals surface area contributed by atoms with Crippen LogP contribution in [0, 0.1) is 0 Å². The molecule has 2 saturated heterocycles. The van der Waals surface area contributed by atoms with Crippen LogP contribution in [-0.4, -0.2) is 120 Å². The van der Waals surface area contributed by atoms with Crippen LogP contribution in [0.3, 0.4) is 0 Å². The van der Waals surface area contributed by atoms with Crippen LogP contribution in [0.25, 0.3) is 28.4 Å². The summed E-state index contributed by atoms with van der Waals surface area (Å²) in [5, 5.41) is 106. The Balaban J connectivity index is 1.54. The normalized spacial score (nSPS) is 27.6. The lowest BCUT2D eigenvalue weighted by Gasteiger charge is -2.42. The molecule has 2 aliphatic rings. The van der Waals surface area contributed by atoms with Crippen LogP contribution in [0.2, 0.25) is 0 Å². The Morgan fingerprint density at radius 3 is 2.26 bits per heavy atom. The molecule has 6 rings (SSSR count). The minimum atomic E-state index is -2.02. The van der Waals surface area contributed by atoms with Crippen LogP contribution in [0.4, 0.5) is 0 Å². The minimum Gasteiger partial charge on any atom is -0.508 e. The highest BCUT2D eigenvalue weighted by Crippen LogP contribution is 2.51. The van der Waals surface area contributed by atoms with Gasteiger partial charge in [-0.05, 0) is 48.0 Å². The Kier molecular flexibility index (Phi) is 10.6. The predicted molar refractivity (Wildman–Crippen MR) is 180 cm³/mol. The molecule has 10 N–H and O–H groups in total. The van der Waals surface area contributed by atoms with Gasteiger partial charge >= 0.3 is 5.97 Å². The van der Waals surface area contributed by atoms with E-state index in [1.54, 1.807) is 0 Å². The second-order valence-corrected chi connectivity index (χ2v) is 12.5. The van der Waals surface area contributed by atoms with E-state index in [1.807, 2.05) is 0 Å². The number of methoxy groups -OCH3 is 1. The molecule has 282 valence electrons. The first kappa shape index (κ1) is 37.5. The lowest BCUT2D eigenvalue weighted by molar-refractivity contribution is -0.239. The number of aliphatic hydroxyl groups is 6. The van der Waals surface area contributed by atoms with Crippen LogP contribution in [0.5, 0.6) is 28.7 Å². The van der Waals surface area contributed by atoms with E-state index in [0.717, 1.165) is 12.1 Å². The number of aromatic hydroxyl groups is 4. The molecule has 3 heterocycles. The minimum absolute atomic E-state index is 0.0996. The first-order chi connectivity index (χ1) is 25.2. The van der Waals surface area contributed by atoms with E-state index in [9.17, 15) is 60.7 Å². The van der Waals surface area contributed by atoms with Gasteiger partial charge in [-0.3, -0.25) is 4.79 Å². The summed E-state index contributed by atoms with van der Waals surface area (Å²) in [5.41, 5.74) is -2.13. The van der Waals surface area contributed by atoms with Crippen molar-refractivity contribution >= 4 is 23.0 Å². The van der Waals surface area contributed by atoms with Crippen molar-refractivity contribution in [3.8, 4) is 40.1 Å². The number of phenols is 4. The van der Waals surface area contributed by atoms with Gasteiger partial charge < -0.3 is 74.4 Å². The molecule has 0 unspecified atom stereocenters. The number of phenolic OH excluding ortho intramolecular Hbond substituents is 4. The van der Waals surface area contributed by atoms with Gasteiger partial charge in [0.25, 0.3) is 0 Å². The standard InChI is InChI=1S/C36H36O17/c1-49-21-10-14(2-8-17(21)39)3-9-23(42)53-36-32(48)28(44)22(12-37)52-35(36)26-30(46)25(34-31(47)27(43)19(41)13-50-34)29(45)24-18(40)11-20(51-33(24)26)15-4-6-16(38)7-5-15/h2-11,19,22,27-28,31-32,34-39,41,43-48H,12-13H2,1H3/t19-,22+,27-,28+,31+,32-,34+,35-,36+/m0/s1. The van der Waals surface area contributed by atoms with Crippen molar-refractivity contribution in [3.63, 3.8) is 0 Å². The maximum atomic E-state index is 13.8. The average molecular weight is 741 g/mol. The zero-order valence-electron chi connectivity index (χ0n) is 27.7. The fraction of sp³-hybridized carbons (Fsp3) is 0.333. The fourth-order valence-corrected chi connectivity index (χ4v) is 6.36. The Hall–Kier alpha value is -5.24. The van der Waals surface area contributed by atoms with Crippen LogP contribution >= 0.6 is 0 Å². The highest BCUT2D eigenvalue weighted by Gasteiger charge is 2.50. The summed E-state index contributed by atoms with van der Waals surface area (Å²) in [6.07, 6.45) is -14.3. The molecule has 1 aromatic heterocycles. The van der Waals surface area contributed by atoms with E-state index >= 15 is 0 Å². The molecular formula is C36H36O17. The van der Waals surface area contributed by atoms with Gasteiger partial charge in [0.1, 0.15) is 77.2 Å². The van der Waals surface area contributed by atoms with Gasteiger partial charge in [0.15, 0.2) is 28.6 Å². The number of benzene rings is 3. The number of ether oxygens (including phenoxy) is 4. The fourth-order valence-electron chi connectivity index (χ4n) is 6.36. The Bertz CT molecular complexity index is 2080. The zero-order valence-corrected chi connectivity index (χ0v) is 27.7. The average Bonchev–Trinajstić information content (AvgIpc) is 3.13. The second kappa shape index (κ2) is 15.0. The number of carbonyl (C=O) groups excluding carboxylic acids is 1. The molecule has 9 atom stereocenters. The zero-order chi connectivity index (χ0) is 38.3. The largest absolute Gasteiger partial charge is 0.508 e. The Labute approximate surface area is 299 Å². The molecule has 53 heavy (non-hydrogen) atoms. The van der Waals surface area contributed by atoms with Crippen LogP contribution in [0.15, 0.2) is 63.8 Å². The van der Waals surface area contributed by atoms with Crippen LogP contribution in [0.1, 0.15) is 28.9 Å². The molecule has 0 saturated carbocycles. The highest BCUT2D eigenvalue weighted by molar-refractivity contribution is 5.92. The monoisotopic (exact) mass is 740 g/mol. The van der Waals surface area contributed by atoms with Crippen molar-refractivity contribution in [2.75, 3.05) is 20.3 Å². The highest BCUT2D eigenvalue weighted by atomic mass is 16.6. The van der Waals surface area contributed by atoms with Gasteiger partial charge in [-0.2, -0.15) is 0 Å². The topological polar surface area (TPSA) is 286 Å². The number of hydrogen-bond acceptors (Lipinski definition) is 17. The molecule has 4 aromatic rings. The Morgan fingerprint density at radius 2 is 1.58 bits per heavy atom. The van der Waals surface area contributed by atoms with Gasteiger partial charge in [-0.1, -0.05) is 6.07 Å². The number of aliphatic hydroxyl groups excluding tert-OH is 6. The van der Waals surface area contributed by atoms with E-state index < -0.39 is 113 Å². The molecule has 0 radical (unpaired) electrons. The van der Waals surface area contributed by atoms with Crippen molar-refractivity contribution in [2.24, 2.45) is 0 Å². The predicted octanol–water partition coefficient (Wildman–Crippen LogP) is 0.224. The molecule has 3 aromatic carbocycles. The number of rotatable bonds is 8. The van der Waals surface area contributed by atoms with Gasteiger partial charge in [0, 0.05) is 17.7 Å². The summed E-state index contributed by atoms with van der Waals surface area (Å²) in [4.78, 5) is 27.0. The quantitative estimate of drug-likeness (QED) is 0.0854. The molecule has 2 aliphatic heterocycles.